The molecule has 0 bridgehead atoms. The van der Waals surface area contributed by atoms with Gasteiger partial charge in [-0.2, -0.15) is 0 Å². The van der Waals surface area contributed by atoms with Crippen molar-refractivity contribution in [2.75, 3.05) is 14.2 Å². The maximum atomic E-state index is 13.1. The number of ether oxygens (including phenoxy) is 1. The van der Waals surface area contributed by atoms with E-state index in [1.807, 2.05) is 6.92 Å². The van der Waals surface area contributed by atoms with E-state index in [2.05, 4.69) is 10.1 Å². The van der Waals surface area contributed by atoms with E-state index in [1.165, 1.54) is 0 Å². The summed E-state index contributed by atoms with van der Waals surface area (Å²) in [6.07, 6.45) is 1.53. The average molecular weight is 333 g/mol. The van der Waals surface area contributed by atoms with Crippen LogP contribution in [-0.4, -0.2) is 58.5 Å². The fourth-order valence-electron chi connectivity index (χ4n) is 3.52. The topological polar surface area (TPSA) is 88.7 Å². The number of aryl methyl sites for hydroxylation is 2. The van der Waals surface area contributed by atoms with Crippen LogP contribution in [0.15, 0.2) is 10.6 Å². The summed E-state index contributed by atoms with van der Waals surface area (Å²) in [4.78, 5) is 19.0. The van der Waals surface area contributed by atoms with E-state index >= 15 is 0 Å². The van der Waals surface area contributed by atoms with Gasteiger partial charge in [-0.15, -0.1) is 0 Å². The van der Waals surface area contributed by atoms with Gasteiger partial charge in [0, 0.05) is 19.9 Å². The van der Waals surface area contributed by atoms with Crippen molar-refractivity contribution in [1.82, 2.24) is 15.0 Å². The number of hydrogen-bond acceptors (Lipinski definition) is 6. The maximum absolute atomic E-state index is 13.1. The first-order valence-electron chi connectivity index (χ1n) is 8.15. The molecule has 7 nitrogen and oxygen atoms in total. The molecule has 7 heteroatoms. The number of fused-ring (bicyclic) bond motifs is 1. The van der Waals surface area contributed by atoms with E-state index in [0.29, 0.717) is 28.1 Å². The summed E-state index contributed by atoms with van der Waals surface area (Å²) in [6, 6.07) is 1.47. The SMILES string of the molecule is CO[C@@H]1CCC[C@@H](N(C)C(=O)c2cc(C)nc3onc(C)c23)[C@H]1O. The molecule has 1 saturated carbocycles. The van der Waals surface area contributed by atoms with Gasteiger partial charge in [0.2, 0.25) is 0 Å². The summed E-state index contributed by atoms with van der Waals surface area (Å²) < 4.78 is 10.5. The molecule has 1 fully saturated rings. The summed E-state index contributed by atoms with van der Waals surface area (Å²) in [5, 5.41) is 15.1. The van der Waals surface area contributed by atoms with Crippen LogP contribution in [0.5, 0.6) is 0 Å². The summed E-state index contributed by atoms with van der Waals surface area (Å²) >= 11 is 0. The maximum Gasteiger partial charge on any atom is 0.258 e. The molecule has 1 aliphatic rings. The van der Waals surface area contributed by atoms with E-state index < -0.39 is 6.10 Å². The van der Waals surface area contributed by atoms with E-state index in [4.69, 9.17) is 9.26 Å². The number of nitrogens with zero attached hydrogens (tertiary/aromatic N) is 3. The molecule has 2 aromatic rings. The number of methoxy groups -OCH3 is 1. The number of aromatic nitrogens is 2. The highest BCUT2D eigenvalue weighted by atomic mass is 16.5. The first kappa shape index (κ1) is 16.9. The second kappa shape index (κ2) is 6.49. The molecule has 0 spiro atoms. The van der Waals surface area contributed by atoms with Crippen LogP contribution in [0.1, 0.15) is 41.0 Å². The quantitative estimate of drug-likeness (QED) is 0.922. The zero-order valence-electron chi connectivity index (χ0n) is 14.4. The third-order valence-electron chi connectivity index (χ3n) is 4.86. The Hall–Kier alpha value is -1.99. The molecule has 0 aromatic carbocycles. The highest BCUT2D eigenvalue weighted by Crippen LogP contribution is 2.28. The van der Waals surface area contributed by atoms with E-state index in [0.717, 1.165) is 19.3 Å². The van der Waals surface area contributed by atoms with Crippen LogP contribution in [0.25, 0.3) is 11.1 Å². The number of aliphatic hydroxyl groups excluding tert-OH is 1. The van der Waals surface area contributed by atoms with Gasteiger partial charge in [-0.1, -0.05) is 5.16 Å². The second-order valence-corrected chi connectivity index (χ2v) is 6.44. The molecule has 3 rings (SSSR count). The van der Waals surface area contributed by atoms with E-state index in [-0.39, 0.29) is 18.1 Å². The molecule has 2 heterocycles. The van der Waals surface area contributed by atoms with Crippen molar-refractivity contribution in [3.05, 3.63) is 23.0 Å². The number of amides is 1. The summed E-state index contributed by atoms with van der Waals surface area (Å²) in [5.41, 5.74) is 2.19. The van der Waals surface area contributed by atoms with Gasteiger partial charge in [-0.3, -0.25) is 4.79 Å². The van der Waals surface area contributed by atoms with Crippen molar-refractivity contribution in [1.29, 1.82) is 0 Å². The summed E-state index contributed by atoms with van der Waals surface area (Å²) in [5.74, 6) is -0.169. The van der Waals surface area contributed by atoms with Crippen molar-refractivity contribution in [2.45, 2.75) is 51.4 Å². The predicted molar refractivity (Wildman–Crippen MR) is 87.8 cm³/mol. The zero-order valence-corrected chi connectivity index (χ0v) is 14.4. The molecular weight excluding hydrogens is 310 g/mol. The van der Waals surface area contributed by atoms with Gasteiger partial charge in [0.05, 0.1) is 28.8 Å². The molecule has 1 amide bonds. The number of rotatable bonds is 3. The van der Waals surface area contributed by atoms with Crippen LogP contribution in [0.4, 0.5) is 0 Å². The third-order valence-corrected chi connectivity index (χ3v) is 4.86. The van der Waals surface area contributed by atoms with Crippen molar-refractivity contribution >= 4 is 17.0 Å². The number of hydrogen-bond donors (Lipinski definition) is 1. The fraction of sp³-hybridized carbons (Fsp3) is 0.588. The number of aliphatic hydroxyl groups is 1. The van der Waals surface area contributed by atoms with Gasteiger partial charge in [0.1, 0.15) is 6.10 Å². The van der Waals surface area contributed by atoms with E-state index in [1.54, 1.807) is 32.0 Å². The van der Waals surface area contributed by atoms with Crippen LogP contribution < -0.4 is 0 Å². The molecule has 24 heavy (non-hydrogen) atoms. The molecular formula is C17H23N3O4. The average Bonchev–Trinajstić information content (AvgIpc) is 2.94. The Morgan fingerprint density at radius 3 is 2.88 bits per heavy atom. The van der Waals surface area contributed by atoms with Crippen molar-refractivity contribution in [2.24, 2.45) is 0 Å². The predicted octanol–water partition coefficient (Wildman–Crippen LogP) is 1.84. The number of likely N-dealkylation sites (N-methyl/N-ethyl adjacent to an activating group) is 1. The molecule has 3 atom stereocenters. The Bertz CT molecular complexity index is 758. The lowest BCUT2D eigenvalue weighted by atomic mass is 9.88. The molecule has 2 aromatic heterocycles. The molecule has 0 saturated heterocycles. The Morgan fingerprint density at radius 2 is 2.17 bits per heavy atom. The fourth-order valence-corrected chi connectivity index (χ4v) is 3.52. The van der Waals surface area contributed by atoms with Crippen LogP contribution >= 0.6 is 0 Å². The number of carbonyl (C=O) groups is 1. The minimum atomic E-state index is -0.695. The first-order chi connectivity index (χ1) is 11.4. The van der Waals surface area contributed by atoms with Crippen LogP contribution in [0, 0.1) is 13.8 Å². The summed E-state index contributed by atoms with van der Waals surface area (Å²) in [7, 11) is 3.31. The van der Waals surface area contributed by atoms with Crippen LogP contribution in [0.2, 0.25) is 0 Å². The first-order valence-corrected chi connectivity index (χ1v) is 8.15. The van der Waals surface area contributed by atoms with Crippen molar-refractivity contribution in [3.63, 3.8) is 0 Å². The van der Waals surface area contributed by atoms with Gasteiger partial charge in [-0.05, 0) is 39.2 Å². The van der Waals surface area contributed by atoms with Gasteiger partial charge in [0.15, 0.2) is 0 Å². The smallest absolute Gasteiger partial charge is 0.258 e. The standard InChI is InChI=1S/C17H23N3O4/c1-9-8-11(14-10(2)19-24-16(14)18-9)17(22)20(3)12-6-5-7-13(23-4)15(12)21/h8,12-13,15,21H,5-7H2,1-4H3/t12-,13-,15-/m1/s1. The van der Waals surface area contributed by atoms with Crippen LogP contribution in [-0.2, 0) is 4.74 Å². The highest BCUT2D eigenvalue weighted by molar-refractivity contribution is 6.06. The van der Waals surface area contributed by atoms with Gasteiger partial charge in [-0.25, -0.2) is 4.98 Å². The monoisotopic (exact) mass is 333 g/mol. The number of pyridine rings is 1. The molecule has 0 aliphatic heterocycles. The molecule has 1 N–H and O–H groups in total. The summed E-state index contributed by atoms with van der Waals surface area (Å²) in [6.45, 7) is 3.60. The second-order valence-electron chi connectivity index (χ2n) is 6.44. The minimum absolute atomic E-state index is 0.169. The number of carbonyl (C=O) groups excluding carboxylic acids is 1. The zero-order chi connectivity index (χ0) is 17.4. The van der Waals surface area contributed by atoms with Gasteiger partial charge < -0.3 is 19.3 Å². The Morgan fingerprint density at radius 1 is 1.42 bits per heavy atom. The largest absolute Gasteiger partial charge is 0.388 e. The van der Waals surface area contributed by atoms with E-state index in [9.17, 15) is 9.90 Å². The Kier molecular flexibility index (Phi) is 4.56. The Balaban J connectivity index is 1.95. The lowest BCUT2D eigenvalue weighted by Gasteiger charge is -2.39. The Labute approximate surface area is 140 Å². The normalized spacial score (nSPS) is 24.3. The minimum Gasteiger partial charge on any atom is -0.388 e. The van der Waals surface area contributed by atoms with Gasteiger partial charge in [0.25, 0.3) is 11.6 Å². The molecule has 0 radical (unpaired) electrons. The lowest BCUT2D eigenvalue weighted by molar-refractivity contribution is -0.0714. The molecule has 130 valence electrons. The van der Waals surface area contributed by atoms with Crippen LogP contribution in [0.3, 0.4) is 0 Å². The highest BCUT2D eigenvalue weighted by Gasteiger charge is 2.37. The molecule has 0 unspecified atom stereocenters. The third kappa shape index (κ3) is 2.78. The van der Waals surface area contributed by atoms with Gasteiger partial charge >= 0.3 is 0 Å². The lowest BCUT2D eigenvalue weighted by Crippen LogP contribution is -2.52. The van der Waals surface area contributed by atoms with Crippen molar-refractivity contribution < 1.29 is 19.2 Å². The van der Waals surface area contributed by atoms with Crippen molar-refractivity contribution in [3.8, 4) is 0 Å². The molecule has 1 aliphatic carbocycles.